The molecule has 1 aromatic heterocycles. The van der Waals surface area contributed by atoms with Crippen molar-refractivity contribution in [2.45, 2.75) is 6.92 Å². The summed E-state index contributed by atoms with van der Waals surface area (Å²) in [6.45, 7) is 1.55. The maximum Gasteiger partial charge on any atom is 0.337 e. The SMILES string of the molecule is Cc1cc(Oc2ccc(Cl)c(C(=O)O)c2)ncc1[N+](=O)[O-]. The molecule has 0 fully saturated rings. The van der Waals surface area contributed by atoms with Gasteiger partial charge in [0.15, 0.2) is 0 Å². The van der Waals surface area contributed by atoms with Gasteiger partial charge in [-0.05, 0) is 25.1 Å². The van der Waals surface area contributed by atoms with E-state index in [4.69, 9.17) is 21.4 Å². The number of benzene rings is 1. The summed E-state index contributed by atoms with van der Waals surface area (Å²) in [7, 11) is 0. The van der Waals surface area contributed by atoms with Gasteiger partial charge in [-0.15, -0.1) is 0 Å². The molecule has 0 spiro atoms. The Hall–Kier alpha value is -2.67. The molecular formula is C13H9ClN2O5. The number of aromatic nitrogens is 1. The lowest BCUT2D eigenvalue weighted by Crippen LogP contribution is -1.99. The summed E-state index contributed by atoms with van der Waals surface area (Å²) >= 11 is 5.75. The van der Waals surface area contributed by atoms with Crippen molar-refractivity contribution in [1.29, 1.82) is 0 Å². The summed E-state index contributed by atoms with van der Waals surface area (Å²) in [4.78, 5) is 24.9. The van der Waals surface area contributed by atoms with Gasteiger partial charge in [0.1, 0.15) is 11.9 Å². The number of nitro groups is 1. The minimum Gasteiger partial charge on any atom is -0.478 e. The number of carbonyl (C=O) groups is 1. The van der Waals surface area contributed by atoms with E-state index in [1.165, 1.54) is 24.3 Å². The van der Waals surface area contributed by atoms with Gasteiger partial charge in [0.05, 0.1) is 15.5 Å². The summed E-state index contributed by atoms with van der Waals surface area (Å²) in [5.74, 6) is -0.840. The number of aryl methyl sites for hydroxylation is 1. The first-order chi connectivity index (χ1) is 9.88. The molecule has 0 saturated carbocycles. The van der Waals surface area contributed by atoms with Crippen molar-refractivity contribution < 1.29 is 19.6 Å². The summed E-state index contributed by atoms with van der Waals surface area (Å²) < 4.78 is 5.38. The number of carboxylic acid groups (broad SMARTS) is 1. The Morgan fingerprint density at radius 2 is 2.14 bits per heavy atom. The fourth-order valence-electron chi connectivity index (χ4n) is 1.62. The van der Waals surface area contributed by atoms with Crippen LogP contribution in [0.25, 0.3) is 0 Å². The van der Waals surface area contributed by atoms with Crippen LogP contribution in [0, 0.1) is 17.0 Å². The fraction of sp³-hybridized carbons (Fsp3) is 0.0769. The van der Waals surface area contributed by atoms with E-state index in [1.54, 1.807) is 6.92 Å². The molecule has 1 heterocycles. The van der Waals surface area contributed by atoms with E-state index in [0.717, 1.165) is 6.20 Å². The summed E-state index contributed by atoms with van der Waals surface area (Å²) in [6.07, 6.45) is 1.08. The molecule has 0 saturated heterocycles. The van der Waals surface area contributed by atoms with Crippen LogP contribution in [0.2, 0.25) is 5.02 Å². The molecule has 2 aromatic rings. The first-order valence-electron chi connectivity index (χ1n) is 5.70. The van der Waals surface area contributed by atoms with Crippen LogP contribution in [0.15, 0.2) is 30.5 Å². The molecule has 108 valence electrons. The van der Waals surface area contributed by atoms with Crippen molar-refractivity contribution in [2.75, 3.05) is 0 Å². The van der Waals surface area contributed by atoms with Crippen molar-refractivity contribution in [3.63, 3.8) is 0 Å². The monoisotopic (exact) mass is 308 g/mol. The quantitative estimate of drug-likeness (QED) is 0.685. The number of rotatable bonds is 4. The van der Waals surface area contributed by atoms with Crippen LogP contribution >= 0.6 is 11.6 Å². The van der Waals surface area contributed by atoms with E-state index in [-0.39, 0.29) is 27.9 Å². The highest BCUT2D eigenvalue weighted by Crippen LogP contribution is 2.27. The first-order valence-corrected chi connectivity index (χ1v) is 6.08. The number of pyridine rings is 1. The first kappa shape index (κ1) is 14.7. The number of aromatic carboxylic acids is 1. The topological polar surface area (TPSA) is 103 Å². The van der Waals surface area contributed by atoms with Crippen molar-refractivity contribution in [2.24, 2.45) is 0 Å². The Morgan fingerprint density at radius 1 is 1.43 bits per heavy atom. The van der Waals surface area contributed by atoms with Gasteiger partial charge < -0.3 is 9.84 Å². The molecule has 0 atom stereocenters. The van der Waals surface area contributed by atoms with E-state index >= 15 is 0 Å². The molecule has 8 heteroatoms. The van der Waals surface area contributed by atoms with Crippen molar-refractivity contribution in [3.05, 3.63) is 56.7 Å². The molecule has 21 heavy (non-hydrogen) atoms. The number of carboxylic acids is 1. The second-order valence-corrected chi connectivity index (χ2v) is 4.52. The van der Waals surface area contributed by atoms with E-state index < -0.39 is 10.9 Å². The number of hydrogen-bond acceptors (Lipinski definition) is 5. The zero-order valence-corrected chi connectivity index (χ0v) is 11.5. The molecule has 0 bridgehead atoms. The van der Waals surface area contributed by atoms with Crippen molar-refractivity contribution in [1.82, 2.24) is 4.98 Å². The summed E-state index contributed by atoms with van der Waals surface area (Å²) in [5, 5.41) is 19.7. The molecule has 7 nitrogen and oxygen atoms in total. The molecule has 0 aliphatic carbocycles. The highest BCUT2D eigenvalue weighted by atomic mass is 35.5. The van der Waals surface area contributed by atoms with Crippen LogP contribution < -0.4 is 4.74 Å². The normalized spacial score (nSPS) is 10.2. The standard InChI is InChI=1S/C13H9ClN2O5/c1-7-4-12(15-6-11(7)16(19)20)21-8-2-3-10(14)9(5-8)13(17)18/h2-6H,1H3,(H,17,18). The van der Waals surface area contributed by atoms with Gasteiger partial charge >= 0.3 is 5.97 Å². The molecular weight excluding hydrogens is 300 g/mol. The lowest BCUT2D eigenvalue weighted by Gasteiger charge is -2.07. The second kappa shape index (κ2) is 5.76. The minimum atomic E-state index is -1.18. The van der Waals surface area contributed by atoms with Crippen molar-refractivity contribution >= 4 is 23.3 Å². The van der Waals surface area contributed by atoms with Gasteiger partial charge in [0, 0.05) is 11.6 Å². The zero-order chi connectivity index (χ0) is 15.6. The zero-order valence-electron chi connectivity index (χ0n) is 10.7. The van der Waals surface area contributed by atoms with E-state index in [2.05, 4.69) is 4.98 Å². The number of nitrogens with zero attached hydrogens (tertiary/aromatic N) is 2. The maximum atomic E-state index is 11.0. The van der Waals surface area contributed by atoms with Gasteiger partial charge in [-0.3, -0.25) is 10.1 Å². The second-order valence-electron chi connectivity index (χ2n) is 4.12. The molecule has 1 aromatic carbocycles. The number of ether oxygens (including phenoxy) is 1. The molecule has 1 N–H and O–H groups in total. The largest absolute Gasteiger partial charge is 0.478 e. The number of halogens is 1. The third-order valence-corrected chi connectivity index (χ3v) is 2.98. The molecule has 0 aliphatic heterocycles. The Kier molecular flexibility index (Phi) is 4.04. The average molecular weight is 309 g/mol. The van der Waals surface area contributed by atoms with E-state index in [9.17, 15) is 14.9 Å². The average Bonchev–Trinajstić information content (AvgIpc) is 2.40. The van der Waals surface area contributed by atoms with Gasteiger partial charge in [0.2, 0.25) is 5.88 Å². The van der Waals surface area contributed by atoms with Crippen LogP contribution in [0.1, 0.15) is 15.9 Å². The fourth-order valence-corrected chi connectivity index (χ4v) is 1.82. The molecule has 2 rings (SSSR count). The Bertz CT molecular complexity index is 732. The van der Waals surface area contributed by atoms with Crippen LogP contribution in [-0.2, 0) is 0 Å². The van der Waals surface area contributed by atoms with Crippen LogP contribution in [0.5, 0.6) is 11.6 Å². The summed E-state index contributed by atoms with van der Waals surface area (Å²) in [6, 6.07) is 5.52. The maximum absolute atomic E-state index is 11.0. The smallest absolute Gasteiger partial charge is 0.337 e. The lowest BCUT2D eigenvalue weighted by atomic mass is 10.2. The third kappa shape index (κ3) is 3.26. The van der Waals surface area contributed by atoms with Crippen LogP contribution in [-0.4, -0.2) is 21.0 Å². The van der Waals surface area contributed by atoms with Crippen LogP contribution in [0.4, 0.5) is 5.69 Å². The third-order valence-electron chi connectivity index (χ3n) is 2.65. The minimum absolute atomic E-state index is 0.0858. The highest BCUT2D eigenvalue weighted by molar-refractivity contribution is 6.33. The lowest BCUT2D eigenvalue weighted by molar-refractivity contribution is -0.385. The Morgan fingerprint density at radius 3 is 2.71 bits per heavy atom. The van der Waals surface area contributed by atoms with Gasteiger partial charge in [0.25, 0.3) is 5.69 Å². The van der Waals surface area contributed by atoms with Crippen molar-refractivity contribution in [3.8, 4) is 11.6 Å². The summed E-state index contributed by atoms with van der Waals surface area (Å²) in [5.41, 5.74) is 0.162. The number of hydrogen-bond donors (Lipinski definition) is 1. The molecule has 0 radical (unpaired) electrons. The van der Waals surface area contributed by atoms with Crippen LogP contribution in [0.3, 0.4) is 0 Å². The predicted molar refractivity (Wildman–Crippen MR) is 74.1 cm³/mol. The van der Waals surface area contributed by atoms with E-state index in [0.29, 0.717) is 5.56 Å². The van der Waals surface area contributed by atoms with Gasteiger partial charge in [-0.1, -0.05) is 11.6 Å². The highest BCUT2D eigenvalue weighted by Gasteiger charge is 2.14. The molecule has 0 aliphatic rings. The van der Waals surface area contributed by atoms with Gasteiger partial charge in [-0.2, -0.15) is 0 Å². The van der Waals surface area contributed by atoms with Gasteiger partial charge in [-0.25, -0.2) is 9.78 Å². The molecule has 0 unspecified atom stereocenters. The Labute approximate surface area is 123 Å². The Balaban J connectivity index is 2.30. The molecule has 0 amide bonds. The predicted octanol–water partition coefficient (Wildman–Crippen LogP) is 3.44. The van der Waals surface area contributed by atoms with E-state index in [1.807, 2.05) is 0 Å².